The van der Waals surface area contributed by atoms with Crippen LogP contribution in [0.2, 0.25) is 0 Å². The van der Waals surface area contributed by atoms with Crippen molar-refractivity contribution in [1.29, 1.82) is 0 Å². The number of nitrogens with zero attached hydrogens (tertiary/aromatic N) is 2. The quantitative estimate of drug-likeness (QED) is 0.680. The minimum absolute atomic E-state index is 0.0306. The maximum absolute atomic E-state index is 11.3. The molecule has 21 heavy (non-hydrogen) atoms. The van der Waals surface area contributed by atoms with E-state index in [4.69, 9.17) is 0 Å². The van der Waals surface area contributed by atoms with Gasteiger partial charge in [0.2, 0.25) is 0 Å². The normalized spacial score (nSPS) is 10.5. The summed E-state index contributed by atoms with van der Waals surface area (Å²) in [5.74, 6) is 0.649. The lowest BCUT2D eigenvalue weighted by atomic mass is 9.97. The lowest BCUT2D eigenvalue weighted by Crippen LogP contribution is -2.03. The molecule has 1 aromatic carbocycles. The van der Waals surface area contributed by atoms with E-state index in [1.807, 2.05) is 39.8 Å². The Hall–Kier alpha value is -2.43. The van der Waals surface area contributed by atoms with Crippen molar-refractivity contribution in [2.75, 3.05) is 11.9 Å². The Morgan fingerprint density at radius 1 is 1.14 bits per heavy atom. The molecule has 0 aliphatic carbocycles. The van der Waals surface area contributed by atoms with Gasteiger partial charge in [0.15, 0.2) is 5.69 Å². The molecular weight excluding hydrogens is 266 g/mol. The van der Waals surface area contributed by atoms with Crippen molar-refractivity contribution in [2.24, 2.45) is 0 Å². The van der Waals surface area contributed by atoms with Crippen molar-refractivity contribution in [3.63, 3.8) is 0 Å². The molecule has 0 saturated carbocycles. The Balaban J connectivity index is 2.68. The summed E-state index contributed by atoms with van der Waals surface area (Å²) in [6.07, 6.45) is 0. The predicted molar refractivity (Wildman–Crippen MR) is 84.7 cm³/mol. The third-order valence-corrected chi connectivity index (χ3v) is 3.52. The number of nitro groups is 1. The van der Waals surface area contributed by atoms with Gasteiger partial charge in [-0.25, -0.2) is 4.98 Å². The first-order chi connectivity index (χ1) is 9.93. The van der Waals surface area contributed by atoms with E-state index in [0.717, 1.165) is 23.2 Å². The van der Waals surface area contributed by atoms with Gasteiger partial charge in [0.1, 0.15) is 5.82 Å². The Bertz CT molecular complexity index is 696. The summed E-state index contributed by atoms with van der Waals surface area (Å²) in [6, 6.07) is 7.15. The van der Waals surface area contributed by atoms with Crippen molar-refractivity contribution < 1.29 is 4.92 Å². The fraction of sp³-hybridized carbons (Fsp3) is 0.312. The van der Waals surface area contributed by atoms with Gasteiger partial charge in [-0.3, -0.25) is 10.1 Å². The SMILES string of the molecule is CCNc1ccc([N+](=O)[O-])c(-c2cc(C)c(C)cc2C)n1. The van der Waals surface area contributed by atoms with Gasteiger partial charge < -0.3 is 5.32 Å². The van der Waals surface area contributed by atoms with Crippen LogP contribution in [0.5, 0.6) is 0 Å². The molecule has 0 radical (unpaired) electrons. The van der Waals surface area contributed by atoms with Crippen LogP contribution >= 0.6 is 0 Å². The van der Waals surface area contributed by atoms with E-state index in [-0.39, 0.29) is 10.6 Å². The molecule has 0 unspecified atom stereocenters. The summed E-state index contributed by atoms with van der Waals surface area (Å²) in [7, 11) is 0. The summed E-state index contributed by atoms with van der Waals surface area (Å²) < 4.78 is 0. The highest BCUT2D eigenvalue weighted by molar-refractivity contribution is 5.74. The minimum atomic E-state index is -0.382. The van der Waals surface area contributed by atoms with Crippen LogP contribution in [0.4, 0.5) is 11.5 Å². The molecule has 0 aliphatic rings. The van der Waals surface area contributed by atoms with Gasteiger partial charge in [0, 0.05) is 18.2 Å². The smallest absolute Gasteiger partial charge is 0.295 e. The molecule has 0 amide bonds. The monoisotopic (exact) mass is 285 g/mol. The highest BCUT2D eigenvalue weighted by Crippen LogP contribution is 2.33. The van der Waals surface area contributed by atoms with E-state index in [2.05, 4.69) is 10.3 Å². The number of nitrogens with one attached hydrogen (secondary N) is 1. The molecule has 0 fully saturated rings. The third kappa shape index (κ3) is 3.02. The van der Waals surface area contributed by atoms with E-state index in [9.17, 15) is 10.1 Å². The van der Waals surface area contributed by atoms with E-state index < -0.39 is 0 Å². The minimum Gasteiger partial charge on any atom is -0.370 e. The van der Waals surface area contributed by atoms with Crippen LogP contribution in [0.25, 0.3) is 11.3 Å². The number of pyridine rings is 1. The Morgan fingerprint density at radius 2 is 1.81 bits per heavy atom. The molecule has 5 nitrogen and oxygen atoms in total. The zero-order valence-electron chi connectivity index (χ0n) is 12.7. The van der Waals surface area contributed by atoms with E-state index in [0.29, 0.717) is 11.5 Å². The summed E-state index contributed by atoms with van der Waals surface area (Å²) in [5.41, 5.74) is 4.51. The van der Waals surface area contributed by atoms with Gasteiger partial charge in [0.05, 0.1) is 4.92 Å². The molecule has 0 bridgehead atoms. The highest BCUT2D eigenvalue weighted by Gasteiger charge is 2.19. The van der Waals surface area contributed by atoms with E-state index in [1.165, 1.54) is 11.6 Å². The maximum Gasteiger partial charge on any atom is 0.295 e. The largest absolute Gasteiger partial charge is 0.370 e. The number of rotatable bonds is 4. The van der Waals surface area contributed by atoms with Gasteiger partial charge in [-0.05, 0) is 56.5 Å². The van der Waals surface area contributed by atoms with Gasteiger partial charge >= 0.3 is 0 Å². The van der Waals surface area contributed by atoms with Gasteiger partial charge in [-0.2, -0.15) is 0 Å². The fourth-order valence-corrected chi connectivity index (χ4v) is 2.29. The topological polar surface area (TPSA) is 68.1 Å². The first kappa shape index (κ1) is 15.0. The van der Waals surface area contributed by atoms with Gasteiger partial charge in [0.25, 0.3) is 5.69 Å². The maximum atomic E-state index is 11.3. The number of hydrogen-bond donors (Lipinski definition) is 1. The number of anilines is 1. The molecule has 0 spiro atoms. The molecule has 2 aromatic rings. The zero-order chi connectivity index (χ0) is 15.6. The fourth-order valence-electron chi connectivity index (χ4n) is 2.29. The summed E-state index contributed by atoms with van der Waals surface area (Å²) in [4.78, 5) is 15.3. The molecule has 0 aliphatic heterocycles. The standard InChI is InChI=1S/C16H19N3O2/c1-5-17-15-7-6-14(19(20)21)16(18-15)13-9-11(3)10(2)8-12(13)4/h6-9H,5H2,1-4H3,(H,17,18). The van der Waals surface area contributed by atoms with Gasteiger partial charge in [-0.15, -0.1) is 0 Å². The molecule has 0 atom stereocenters. The van der Waals surface area contributed by atoms with Crippen molar-refractivity contribution in [2.45, 2.75) is 27.7 Å². The lowest BCUT2D eigenvalue weighted by Gasteiger charge is -2.11. The number of hydrogen-bond acceptors (Lipinski definition) is 4. The highest BCUT2D eigenvalue weighted by atomic mass is 16.6. The molecule has 1 N–H and O–H groups in total. The molecule has 110 valence electrons. The van der Waals surface area contributed by atoms with Crippen LogP contribution in [0.3, 0.4) is 0 Å². The molecule has 5 heteroatoms. The van der Waals surface area contributed by atoms with Crippen molar-refractivity contribution in [3.8, 4) is 11.3 Å². The molecule has 1 aromatic heterocycles. The number of aromatic nitrogens is 1. The second-order valence-corrected chi connectivity index (χ2v) is 5.10. The predicted octanol–water partition coefficient (Wildman–Crippen LogP) is 4.01. The van der Waals surface area contributed by atoms with Crippen molar-refractivity contribution in [1.82, 2.24) is 4.98 Å². The summed E-state index contributed by atoms with van der Waals surface area (Å²) in [6.45, 7) is 8.66. The average molecular weight is 285 g/mol. The van der Waals surface area contributed by atoms with Crippen LogP contribution < -0.4 is 5.32 Å². The Morgan fingerprint density at radius 3 is 2.43 bits per heavy atom. The van der Waals surface area contributed by atoms with Crippen LogP contribution in [0.15, 0.2) is 24.3 Å². The zero-order valence-corrected chi connectivity index (χ0v) is 12.7. The van der Waals surface area contributed by atoms with Crippen LogP contribution in [-0.4, -0.2) is 16.5 Å². The van der Waals surface area contributed by atoms with Crippen LogP contribution in [0, 0.1) is 30.9 Å². The Labute approximate surface area is 124 Å². The first-order valence-corrected chi connectivity index (χ1v) is 6.91. The average Bonchev–Trinajstić information content (AvgIpc) is 2.43. The van der Waals surface area contributed by atoms with Crippen molar-refractivity contribution in [3.05, 3.63) is 51.1 Å². The summed E-state index contributed by atoms with van der Waals surface area (Å²) in [5, 5.41) is 14.4. The van der Waals surface area contributed by atoms with Crippen LogP contribution in [-0.2, 0) is 0 Å². The van der Waals surface area contributed by atoms with Crippen LogP contribution in [0.1, 0.15) is 23.6 Å². The van der Waals surface area contributed by atoms with E-state index >= 15 is 0 Å². The number of benzene rings is 1. The third-order valence-electron chi connectivity index (χ3n) is 3.52. The second-order valence-electron chi connectivity index (χ2n) is 5.10. The molecule has 2 rings (SSSR count). The van der Waals surface area contributed by atoms with Crippen molar-refractivity contribution >= 4 is 11.5 Å². The van der Waals surface area contributed by atoms with E-state index in [1.54, 1.807) is 6.07 Å². The van der Waals surface area contributed by atoms with Gasteiger partial charge in [-0.1, -0.05) is 6.07 Å². The molecular formula is C16H19N3O2. The first-order valence-electron chi connectivity index (χ1n) is 6.91. The molecule has 0 saturated heterocycles. The second kappa shape index (κ2) is 5.91. The Kier molecular flexibility index (Phi) is 4.21. The summed E-state index contributed by atoms with van der Waals surface area (Å²) >= 11 is 0. The molecule has 1 heterocycles. The number of aryl methyl sites for hydroxylation is 3. The lowest BCUT2D eigenvalue weighted by molar-refractivity contribution is -0.384.